The van der Waals surface area contributed by atoms with Crippen molar-refractivity contribution >= 4 is 23.2 Å². The minimum atomic E-state index is 0.122. The maximum atomic E-state index is 12.1. The van der Waals surface area contributed by atoms with Gasteiger partial charge in [-0.3, -0.25) is 4.79 Å². The number of nitrogens with one attached hydrogen (secondary N) is 1. The van der Waals surface area contributed by atoms with Gasteiger partial charge in [-0.25, -0.2) is 0 Å². The van der Waals surface area contributed by atoms with Crippen molar-refractivity contribution in [1.82, 2.24) is 0 Å². The Balaban J connectivity index is 2.04. The van der Waals surface area contributed by atoms with Crippen molar-refractivity contribution in [2.45, 2.75) is 39.0 Å². The molecule has 0 aromatic heterocycles. The van der Waals surface area contributed by atoms with Crippen molar-refractivity contribution in [1.29, 1.82) is 0 Å². The van der Waals surface area contributed by atoms with Crippen LogP contribution >= 0.6 is 11.6 Å². The summed E-state index contributed by atoms with van der Waals surface area (Å²) in [6.45, 7) is 1.94. The molecule has 92 valence electrons. The molecule has 1 saturated carbocycles. The van der Waals surface area contributed by atoms with E-state index in [2.05, 4.69) is 5.32 Å². The van der Waals surface area contributed by atoms with Crippen LogP contribution in [0.25, 0.3) is 0 Å². The monoisotopic (exact) mass is 251 g/mol. The molecule has 1 N–H and O–H groups in total. The van der Waals surface area contributed by atoms with Crippen LogP contribution in [0.1, 0.15) is 37.7 Å². The second-order valence-corrected chi connectivity index (χ2v) is 5.14. The summed E-state index contributed by atoms with van der Waals surface area (Å²) < 4.78 is 0. The van der Waals surface area contributed by atoms with Crippen LogP contribution in [0.15, 0.2) is 18.2 Å². The standard InChI is InChI=1S/C14H18ClNO/c1-10-6-5-9-12(13(10)15)16-14(17)11-7-3-2-4-8-11/h5-6,9,11H,2-4,7-8H2,1H3,(H,16,17). The van der Waals surface area contributed by atoms with Gasteiger partial charge in [-0.15, -0.1) is 0 Å². The molecule has 1 aromatic rings. The Hall–Kier alpha value is -1.02. The Kier molecular flexibility index (Phi) is 4.06. The largest absolute Gasteiger partial charge is 0.325 e. The number of benzene rings is 1. The zero-order valence-electron chi connectivity index (χ0n) is 10.1. The van der Waals surface area contributed by atoms with Gasteiger partial charge in [0.1, 0.15) is 0 Å². The summed E-state index contributed by atoms with van der Waals surface area (Å²) in [5, 5.41) is 3.60. The van der Waals surface area contributed by atoms with E-state index < -0.39 is 0 Å². The Morgan fingerprint density at radius 3 is 2.71 bits per heavy atom. The fraction of sp³-hybridized carbons (Fsp3) is 0.500. The summed E-state index contributed by atoms with van der Waals surface area (Å²) >= 11 is 6.16. The van der Waals surface area contributed by atoms with E-state index in [4.69, 9.17) is 11.6 Å². The second-order valence-electron chi connectivity index (χ2n) is 4.76. The number of rotatable bonds is 2. The van der Waals surface area contributed by atoms with E-state index in [0.717, 1.165) is 24.1 Å². The first-order valence-corrected chi connectivity index (χ1v) is 6.62. The summed E-state index contributed by atoms with van der Waals surface area (Å²) in [4.78, 5) is 12.1. The van der Waals surface area contributed by atoms with E-state index in [9.17, 15) is 4.79 Å². The average molecular weight is 252 g/mol. The van der Waals surface area contributed by atoms with Crippen LogP contribution in [0.4, 0.5) is 5.69 Å². The van der Waals surface area contributed by atoms with Gasteiger partial charge in [0.25, 0.3) is 0 Å². The van der Waals surface area contributed by atoms with Crippen molar-refractivity contribution in [2.75, 3.05) is 5.32 Å². The molecule has 0 spiro atoms. The Morgan fingerprint density at radius 1 is 1.29 bits per heavy atom. The van der Waals surface area contributed by atoms with Crippen molar-refractivity contribution in [3.8, 4) is 0 Å². The van der Waals surface area contributed by atoms with Gasteiger partial charge in [-0.2, -0.15) is 0 Å². The number of halogens is 1. The second kappa shape index (κ2) is 5.54. The highest BCUT2D eigenvalue weighted by atomic mass is 35.5. The number of carbonyl (C=O) groups excluding carboxylic acids is 1. The molecule has 2 nitrogen and oxygen atoms in total. The van der Waals surface area contributed by atoms with Crippen molar-refractivity contribution in [2.24, 2.45) is 5.92 Å². The Bertz CT molecular complexity index is 411. The molecule has 2 rings (SSSR count). The number of anilines is 1. The third kappa shape index (κ3) is 3.01. The first-order chi connectivity index (χ1) is 8.18. The Morgan fingerprint density at radius 2 is 2.00 bits per heavy atom. The summed E-state index contributed by atoms with van der Waals surface area (Å²) in [5.41, 5.74) is 1.73. The first kappa shape index (κ1) is 12.4. The maximum Gasteiger partial charge on any atom is 0.227 e. The van der Waals surface area contributed by atoms with E-state index in [-0.39, 0.29) is 11.8 Å². The molecule has 0 unspecified atom stereocenters. The molecule has 1 aliphatic rings. The summed E-state index contributed by atoms with van der Waals surface area (Å²) in [6, 6.07) is 5.71. The van der Waals surface area contributed by atoms with Gasteiger partial charge in [0.15, 0.2) is 0 Å². The zero-order chi connectivity index (χ0) is 12.3. The van der Waals surface area contributed by atoms with Gasteiger partial charge < -0.3 is 5.32 Å². The normalized spacial score (nSPS) is 16.8. The number of aryl methyl sites for hydroxylation is 1. The van der Waals surface area contributed by atoms with E-state index in [1.807, 2.05) is 25.1 Å². The predicted octanol–water partition coefficient (Wildman–Crippen LogP) is 4.17. The van der Waals surface area contributed by atoms with E-state index in [0.29, 0.717) is 5.02 Å². The van der Waals surface area contributed by atoms with Crippen LogP contribution in [-0.2, 0) is 4.79 Å². The van der Waals surface area contributed by atoms with Gasteiger partial charge in [-0.05, 0) is 31.4 Å². The highest BCUT2D eigenvalue weighted by Gasteiger charge is 2.21. The lowest BCUT2D eigenvalue weighted by Crippen LogP contribution is -2.24. The summed E-state index contributed by atoms with van der Waals surface area (Å²) in [6.07, 6.45) is 5.61. The van der Waals surface area contributed by atoms with Crippen LogP contribution in [0.3, 0.4) is 0 Å². The first-order valence-electron chi connectivity index (χ1n) is 6.24. The number of carbonyl (C=O) groups is 1. The van der Waals surface area contributed by atoms with Crippen LogP contribution in [0.2, 0.25) is 5.02 Å². The SMILES string of the molecule is Cc1cccc(NC(=O)C2CCCCC2)c1Cl. The zero-order valence-corrected chi connectivity index (χ0v) is 10.9. The summed E-state index contributed by atoms with van der Waals surface area (Å²) in [7, 11) is 0. The number of amides is 1. The molecular formula is C14H18ClNO. The molecule has 0 saturated heterocycles. The van der Waals surface area contributed by atoms with Gasteiger partial charge in [-0.1, -0.05) is 43.0 Å². The van der Waals surface area contributed by atoms with Crippen LogP contribution in [0.5, 0.6) is 0 Å². The van der Waals surface area contributed by atoms with E-state index >= 15 is 0 Å². The molecular weight excluding hydrogens is 234 g/mol. The topological polar surface area (TPSA) is 29.1 Å². The molecule has 0 bridgehead atoms. The quantitative estimate of drug-likeness (QED) is 0.840. The lowest BCUT2D eigenvalue weighted by atomic mass is 9.88. The highest BCUT2D eigenvalue weighted by molar-refractivity contribution is 6.34. The third-order valence-corrected chi connectivity index (χ3v) is 3.93. The van der Waals surface area contributed by atoms with E-state index in [1.165, 1.54) is 19.3 Å². The van der Waals surface area contributed by atoms with Crippen LogP contribution < -0.4 is 5.32 Å². The van der Waals surface area contributed by atoms with Crippen molar-refractivity contribution < 1.29 is 4.79 Å². The molecule has 1 fully saturated rings. The molecule has 0 radical (unpaired) electrons. The Labute approximate surface area is 107 Å². The third-order valence-electron chi connectivity index (χ3n) is 3.43. The molecule has 0 aliphatic heterocycles. The molecule has 17 heavy (non-hydrogen) atoms. The van der Waals surface area contributed by atoms with Crippen LogP contribution in [-0.4, -0.2) is 5.91 Å². The minimum Gasteiger partial charge on any atom is -0.325 e. The fourth-order valence-corrected chi connectivity index (χ4v) is 2.52. The van der Waals surface area contributed by atoms with Gasteiger partial charge in [0, 0.05) is 5.92 Å². The van der Waals surface area contributed by atoms with Gasteiger partial charge in [0.2, 0.25) is 5.91 Å². The minimum absolute atomic E-state index is 0.122. The van der Waals surface area contributed by atoms with Crippen LogP contribution in [0, 0.1) is 12.8 Å². The average Bonchev–Trinajstić information content (AvgIpc) is 2.36. The molecule has 1 aromatic carbocycles. The highest BCUT2D eigenvalue weighted by Crippen LogP contribution is 2.28. The van der Waals surface area contributed by atoms with Crippen molar-refractivity contribution in [3.05, 3.63) is 28.8 Å². The molecule has 1 aliphatic carbocycles. The number of hydrogen-bond donors (Lipinski definition) is 1. The molecule has 0 atom stereocenters. The molecule has 1 amide bonds. The molecule has 0 heterocycles. The van der Waals surface area contributed by atoms with Gasteiger partial charge >= 0.3 is 0 Å². The van der Waals surface area contributed by atoms with E-state index in [1.54, 1.807) is 0 Å². The predicted molar refractivity (Wildman–Crippen MR) is 71.4 cm³/mol. The summed E-state index contributed by atoms with van der Waals surface area (Å²) in [5.74, 6) is 0.289. The van der Waals surface area contributed by atoms with Gasteiger partial charge in [0.05, 0.1) is 10.7 Å². The van der Waals surface area contributed by atoms with Crippen molar-refractivity contribution in [3.63, 3.8) is 0 Å². The lowest BCUT2D eigenvalue weighted by molar-refractivity contribution is -0.120. The maximum absolute atomic E-state index is 12.1. The molecule has 3 heteroatoms. The fourth-order valence-electron chi connectivity index (χ4n) is 2.34. The lowest BCUT2D eigenvalue weighted by Gasteiger charge is -2.21. The number of hydrogen-bond acceptors (Lipinski definition) is 1. The smallest absolute Gasteiger partial charge is 0.227 e.